The van der Waals surface area contributed by atoms with Gasteiger partial charge in [-0.1, -0.05) is 19.8 Å². The van der Waals surface area contributed by atoms with Crippen molar-refractivity contribution in [3.8, 4) is 0 Å². The van der Waals surface area contributed by atoms with E-state index in [1.54, 1.807) is 0 Å². The SMILES string of the molecule is CCCC[SiH2]O[SiH](Cl)O[SiH2]Cl. The Morgan fingerprint density at radius 3 is 2.73 bits per heavy atom. The van der Waals surface area contributed by atoms with Crippen LogP contribution in [0.4, 0.5) is 0 Å². The molecule has 0 heterocycles. The lowest BCUT2D eigenvalue weighted by Gasteiger charge is -2.07. The van der Waals surface area contributed by atoms with Crippen molar-refractivity contribution in [2.45, 2.75) is 25.8 Å². The molecule has 1 atom stereocenters. The van der Waals surface area contributed by atoms with Crippen LogP contribution in [0.5, 0.6) is 0 Å². The number of unbranched alkanes of at least 4 members (excludes halogenated alkanes) is 1. The van der Waals surface area contributed by atoms with Crippen molar-refractivity contribution < 1.29 is 8.23 Å². The molecule has 0 aromatic rings. The van der Waals surface area contributed by atoms with Crippen molar-refractivity contribution in [3.63, 3.8) is 0 Å². The molecule has 0 fully saturated rings. The summed E-state index contributed by atoms with van der Waals surface area (Å²) in [5.74, 6) is 0. The summed E-state index contributed by atoms with van der Waals surface area (Å²) in [6, 6.07) is 1.21. The fourth-order valence-electron chi connectivity index (χ4n) is 0.626. The van der Waals surface area contributed by atoms with E-state index in [1.165, 1.54) is 18.9 Å². The van der Waals surface area contributed by atoms with E-state index in [9.17, 15) is 0 Å². The van der Waals surface area contributed by atoms with Gasteiger partial charge < -0.3 is 8.23 Å². The van der Waals surface area contributed by atoms with Gasteiger partial charge in [-0.2, -0.15) is 0 Å². The third kappa shape index (κ3) is 9.06. The summed E-state index contributed by atoms with van der Waals surface area (Å²) >= 11 is 11.2. The molecule has 0 aliphatic rings. The third-order valence-corrected chi connectivity index (χ3v) is 8.92. The highest BCUT2D eigenvalue weighted by Crippen LogP contribution is 1.98. The molecule has 11 heavy (non-hydrogen) atoms. The van der Waals surface area contributed by atoms with Gasteiger partial charge in [0.05, 0.1) is 0 Å². The smallest absolute Gasteiger partial charge is 0.405 e. The molecule has 2 nitrogen and oxygen atoms in total. The van der Waals surface area contributed by atoms with E-state index in [0.29, 0.717) is 0 Å². The number of hydrogen-bond acceptors (Lipinski definition) is 2. The van der Waals surface area contributed by atoms with Crippen LogP contribution in [0.2, 0.25) is 6.04 Å². The minimum absolute atomic E-state index is 0.399. The molecule has 0 rings (SSSR count). The van der Waals surface area contributed by atoms with Crippen molar-refractivity contribution >= 4 is 49.6 Å². The Morgan fingerprint density at radius 1 is 1.45 bits per heavy atom. The van der Waals surface area contributed by atoms with E-state index < -0.39 is 27.4 Å². The first-order chi connectivity index (χ1) is 5.31. The molecular weight excluding hydrogens is 235 g/mol. The molecule has 0 saturated heterocycles. The van der Waals surface area contributed by atoms with Gasteiger partial charge in [-0.15, -0.1) is 22.2 Å². The first-order valence-corrected chi connectivity index (χ1v) is 10.7. The molecule has 0 aromatic heterocycles. The van der Waals surface area contributed by atoms with Gasteiger partial charge in [0.1, 0.15) is 0 Å². The van der Waals surface area contributed by atoms with Gasteiger partial charge in [0.25, 0.3) is 0 Å². The average molecular weight is 249 g/mol. The minimum Gasteiger partial charge on any atom is -0.433 e. The second-order valence-electron chi connectivity index (χ2n) is 2.13. The fraction of sp³-hybridized carbons (Fsp3) is 1.00. The van der Waals surface area contributed by atoms with Crippen molar-refractivity contribution in [2.75, 3.05) is 0 Å². The van der Waals surface area contributed by atoms with E-state index in [-0.39, 0.29) is 0 Å². The minimum atomic E-state index is -1.78. The Hall–Kier alpha value is 1.15. The largest absolute Gasteiger partial charge is 0.433 e. The van der Waals surface area contributed by atoms with Crippen LogP contribution < -0.4 is 0 Å². The van der Waals surface area contributed by atoms with Crippen molar-refractivity contribution in [1.29, 1.82) is 0 Å². The quantitative estimate of drug-likeness (QED) is 0.372. The first-order valence-electron chi connectivity index (χ1n) is 3.74. The molecule has 1 unspecified atom stereocenters. The molecule has 7 heteroatoms. The normalized spacial score (nSPS) is 15.5. The zero-order valence-electron chi connectivity index (χ0n) is 6.69. The van der Waals surface area contributed by atoms with Crippen molar-refractivity contribution in [1.82, 2.24) is 0 Å². The van der Waals surface area contributed by atoms with Gasteiger partial charge in [0.15, 0.2) is 9.76 Å². The molecule has 0 aromatic carbocycles. The summed E-state index contributed by atoms with van der Waals surface area (Å²) in [6.07, 6.45) is 2.48. The van der Waals surface area contributed by atoms with Crippen molar-refractivity contribution in [2.24, 2.45) is 0 Å². The maximum atomic E-state index is 5.74. The molecule has 0 N–H and O–H groups in total. The Morgan fingerprint density at radius 2 is 2.18 bits per heavy atom. The predicted molar refractivity (Wildman–Crippen MR) is 57.8 cm³/mol. The predicted octanol–water partition coefficient (Wildman–Crippen LogP) is 0.515. The zero-order chi connectivity index (χ0) is 8.53. The van der Waals surface area contributed by atoms with E-state index in [1.807, 2.05) is 0 Å². The standard InChI is InChI=1S/C4H14Cl2O2Si3/c1-2-3-4-9-7-11(6)8-10-5/h11H,2-4,9-10H2,1H3. The average Bonchev–Trinajstić information content (AvgIpc) is 1.99. The van der Waals surface area contributed by atoms with E-state index in [4.69, 9.17) is 30.4 Å². The summed E-state index contributed by atoms with van der Waals surface area (Å²) in [7, 11) is -3.05. The van der Waals surface area contributed by atoms with Crippen LogP contribution in [0.3, 0.4) is 0 Å². The first kappa shape index (κ1) is 12.2. The molecule has 0 aliphatic carbocycles. The van der Waals surface area contributed by atoms with Crippen LogP contribution in [-0.2, 0) is 8.23 Å². The summed E-state index contributed by atoms with van der Waals surface area (Å²) in [5.41, 5.74) is 0. The second kappa shape index (κ2) is 9.24. The highest BCUT2D eigenvalue weighted by molar-refractivity contribution is 7.05. The Labute approximate surface area is 83.7 Å². The maximum Gasteiger partial charge on any atom is 0.405 e. The maximum absolute atomic E-state index is 5.74. The summed E-state index contributed by atoms with van der Waals surface area (Å²) in [5, 5.41) is 0. The van der Waals surface area contributed by atoms with E-state index in [0.717, 1.165) is 0 Å². The fourth-order valence-corrected chi connectivity index (χ4v) is 7.36. The topological polar surface area (TPSA) is 18.5 Å². The molecule has 0 amide bonds. The molecule has 0 spiro atoms. The van der Waals surface area contributed by atoms with Gasteiger partial charge >= 0.3 is 8.59 Å². The van der Waals surface area contributed by atoms with Gasteiger partial charge in [0, 0.05) is 0 Å². The third-order valence-electron chi connectivity index (χ3n) is 1.19. The van der Waals surface area contributed by atoms with Crippen LogP contribution >= 0.6 is 22.2 Å². The van der Waals surface area contributed by atoms with Gasteiger partial charge in [-0.25, -0.2) is 0 Å². The van der Waals surface area contributed by atoms with Crippen LogP contribution in [0.15, 0.2) is 0 Å². The lowest BCUT2D eigenvalue weighted by Crippen LogP contribution is -2.18. The monoisotopic (exact) mass is 248 g/mol. The Balaban J connectivity index is 2.97. The Kier molecular flexibility index (Phi) is 10.2. The van der Waals surface area contributed by atoms with E-state index >= 15 is 0 Å². The number of hydrogen-bond donors (Lipinski definition) is 0. The van der Waals surface area contributed by atoms with E-state index in [2.05, 4.69) is 6.92 Å². The van der Waals surface area contributed by atoms with Crippen LogP contribution in [0.1, 0.15) is 19.8 Å². The second-order valence-corrected chi connectivity index (χ2v) is 8.40. The van der Waals surface area contributed by atoms with Crippen molar-refractivity contribution in [3.05, 3.63) is 0 Å². The molecule has 0 radical (unpaired) electrons. The summed E-state index contributed by atoms with van der Waals surface area (Å²) < 4.78 is 10.4. The molecule has 0 bridgehead atoms. The summed E-state index contributed by atoms with van der Waals surface area (Å²) in [6.45, 7) is 2.17. The van der Waals surface area contributed by atoms with Gasteiger partial charge in [0.2, 0.25) is 9.07 Å². The van der Waals surface area contributed by atoms with Gasteiger partial charge in [-0.05, 0) is 6.04 Å². The van der Waals surface area contributed by atoms with Crippen LogP contribution in [0, 0.1) is 0 Å². The highest BCUT2D eigenvalue weighted by atomic mass is 35.6. The van der Waals surface area contributed by atoms with Crippen LogP contribution in [0.25, 0.3) is 0 Å². The highest BCUT2D eigenvalue weighted by Gasteiger charge is 2.06. The molecule has 0 aliphatic heterocycles. The Bertz CT molecular complexity index is 87.7. The lowest BCUT2D eigenvalue weighted by molar-refractivity contribution is 0.485. The number of rotatable bonds is 7. The van der Waals surface area contributed by atoms with Gasteiger partial charge in [-0.3, -0.25) is 0 Å². The lowest BCUT2D eigenvalue weighted by atomic mass is 10.4. The molecule has 68 valence electrons. The molecular formula is C4H14Cl2O2Si3. The number of halogens is 2. The van der Waals surface area contributed by atoms with Crippen LogP contribution in [-0.4, -0.2) is 27.4 Å². The molecule has 0 saturated carbocycles. The summed E-state index contributed by atoms with van der Waals surface area (Å²) in [4.78, 5) is 0. The zero-order valence-corrected chi connectivity index (χ0v) is 12.2.